The van der Waals surface area contributed by atoms with Crippen molar-refractivity contribution in [3.63, 3.8) is 0 Å². The molecular weight excluding hydrogens is 422 g/mol. The first-order chi connectivity index (χ1) is 13.5. The maximum atomic E-state index is 12.9. The second kappa shape index (κ2) is 6.55. The molecular formula is C22H18BrNO4. The first-order valence-electron chi connectivity index (χ1n) is 9.48. The van der Waals surface area contributed by atoms with E-state index in [-0.39, 0.29) is 23.7 Å². The number of anilines is 1. The van der Waals surface area contributed by atoms with Crippen molar-refractivity contribution in [1.29, 1.82) is 0 Å². The fraction of sp³-hybridized carbons (Fsp3) is 0.318. The number of benzene rings is 2. The zero-order valence-corrected chi connectivity index (χ0v) is 16.6. The minimum Gasteiger partial charge on any atom is -0.423 e. The van der Waals surface area contributed by atoms with Crippen LogP contribution in [0.2, 0.25) is 0 Å². The van der Waals surface area contributed by atoms with Gasteiger partial charge in [0.25, 0.3) is 0 Å². The summed E-state index contributed by atoms with van der Waals surface area (Å²) in [4.78, 5) is 39.4. The normalized spacial score (nSPS) is 28.0. The number of esters is 1. The summed E-state index contributed by atoms with van der Waals surface area (Å²) in [6.45, 7) is 0. The van der Waals surface area contributed by atoms with Gasteiger partial charge in [0.1, 0.15) is 5.75 Å². The summed E-state index contributed by atoms with van der Waals surface area (Å²) in [5, 5.41) is 0. The van der Waals surface area contributed by atoms with Crippen molar-refractivity contribution in [2.75, 3.05) is 4.90 Å². The van der Waals surface area contributed by atoms with Crippen LogP contribution in [0.4, 0.5) is 5.69 Å². The van der Waals surface area contributed by atoms with Crippen LogP contribution in [0.25, 0.3) is 0 Å². The van der Waals surface area contributed by atoms with Crippen molar-refractivity contribution in [2.24, 2.45) is 23.7 Å². The second-order valence-electron chi connectivity index (χ2n) is 7.79. The van der Waals surface area contributed by atoms with E-state index in [4.69, 9.17) is 4.74 Å². The molecule has 1 heterocycles. The van der Waals surface area contributed by atoms with Gasteiger partial charge in [-0.15, -0.1) is 0 Å². The molecule has 5 rings (SSSR count). The Hall–Kier alpha value is -2.47. The molecule has 2 aromatic carbocycles. The Bertz CT molecular complexity index is 941. The molecule has 0 N–H and O–H groups in total. The molecule has 1 saturated heterocycles. The Labute approximate surface area is 170 Å². The number of carbonyl (C=O) groups excluding carboxylic acids is 3. The Morgan fingerprint density at radius 2 is 1.46 bits per heavy atom. The van der Waals surface area contributed by atoms with Gasteiger partial charge in [-0.2, -0.15) is 0 Å². The molecule has 2 aromatic rings. The van der Waals surface area contributed by atoms with Crippen molar-refractivity contribution >= 4 is 39.4 Å². The van der Waals surface area contributed by atoms with Gasteiger partial charge in [0.05, 0.1) is 23.1 Å². The number of hydrogen-bond acceptors (Lipinski definition) is 4. The molecule has 5 nitrogen and oxygen atoms in total. The van der Waals surface area contributed by atoms with Crippen LogP contribution >= 0.6 is 15.9 Å². The summed E-state index contributed by atoms with van der Waals surface area (Å²) in [7, 11) is 0. The molecule has 2 saturated carbocycles. The minimum atomic E-state index is -0.483. The largest absolute Gasteiger partial charge is 0.423 e. The molecule has 2 aliphatic carbocycles. The molecule has 0 radical (unpaired) electrons. The summed E-state index contributed by atoms with van der Waals surface area (Å²) < 4.78 is 6.25. The topological polar surface area (TPSA) is 63.7 Å². The van der Waals surface area contributed by atoms with E-state index in [1.807, 2.05) is 0 Å². The standard InChI is InChI=1S/C22H18BrNO4/c23-15-5-9-17(10-6-15)28-22(27)12-3-7-16(8-4-12)24-20(25)18-13-1-2-14(11-13)19(18)21(24)26/h3-10,13-14,18-19H,1-2,11H2. The van der Waals surface area contributed by atoms with Crippen LogP contribution in [0.3, 0.4) is 0 Å². The lowest BCUT2D eigenvalue weighted by Crippen LogP contribution is -2.32. The molecule has 4 atom stereocenters. The number of rotatable bonds is 3. The van der Waals surface area contributed by atoms with Crippen molar-refractivity contribution in [3.05, 3.63) is 58.6 Å². The number of nitrogens with zero attached hydrogens (tertiary/aromatic N) is 1. The average molecular weight is 440 g/mol. The number of imide groups is 1. The number of amides is 2. The molecule has 0 aromatic heterocycles. The van der Waals surface area contributed by atoms with E-state index >= 15 is 0 Å². The van der Waals surface area contributed by atoms with E-state index in [1.165, 1.54) is 4.90 Å². The van der Waals surface area contributed by atoms with E-state index in [0.717, 1.165) is 23.7 Å². The van der Waals surface area contributed by atoms with E-state index in [2.05, 4.69) is 15.9 Å². The Morgan fingerprint density at radius 1 is 0.893 bits per heavy atom. The average Bonchev–Trinajstić information content (AvgIpc) is 3.38. The Balaban J connectivity index is 1.34. The summed E-state index contributed by atoms with van der Waals surface area (Å²) >= 11 is 3.34. The Kier molecular flexibility index (Phi) is 4.12. The number of hydrogen-bond donors (Lipinski definition) is 0. The highest BCUT2D eigenvalue weighted by Crippen LogP contribution is 2.56. The maximum absolute atomic E-state index is 12.9. The van der Waals surface area contributed by atoms with Gasteiger partial charge < -0.3 is 4.74 Å². The molecule has 0 spiro atoms. The number of halogens is 1. The van der Waals surface area contributed by atoms with Gasteiger partial charge in [-0.05, 0) is 79.6 Å². The smallest absolute Gasteiger partial charge is 0.343 e. The van der Waals surface area contributed by atoms with Crippen LogP contribution in [0, 0.1) is 23.7 Å². The predicted molar refractivity (Wildman–Crippen MR) is 106 cm³/mol. The summed E-state index contributed by atoms with van der Waals surface area (Å²) in [6, 6.07) is 13.5. The first-order valence-corrected chi connectivity index (χ1v) is 10.3. The Morgan fingerprint density at radius 3 is 2.04 bits per heavy atom. The monoisotopic (exact) mass is 439 g/mol. The maximum Gasteiger partial charge on any atom is 0.343 e. The third-order valence-electron chi connectivity index (χ3n) is 6.31. The molecule has 4 unspecified atom stereocenters. The van der Waals surface area contributed by atoms with E-state index in [1.54, 1.807) is 48.5 Å². The van der Waals surface area contributed by atoms with Gasteiger partial charge in [-0.3, -0.25) is 14.5 Å². The fourth-order valence-corrected chi connectivity index (χ4v) is 5.34. The van der Waals surface area contributed by atoms with Crippen LogP contribution in [0.1, 0.15) is 29.6 Å². The molecule has 6 heteroatoms. The van der Waals surface area contributed by atoms with E-state index < -0.39 is 5.97 Å². The summed E-state index contributed by atoms with van der Waals surface area (Å²) in [5.41, 5.74) is 0.898. The third kappa shape index (κ3) is 2.70. The summed E-state index contributed by atoms with van der Waals surface area (Å²) in [5.74, 6) is 0.239. The number of carbonyl (C=O) groups is 3. The van der Waals surface area contributed by atoms with Crippen LogP contribution in [-0.2, 0) is 9.59 Å². The fourth-order valence-electron chi connectivity index (χ4n) is 5.08. The van der Waals surface area contributed by atoms with Crippen LogP contribution in [0.15, 0.2) is 53.0 Å². The molecule has 2 amide bonds. The second-order valence-corrected chi connectivity index (χ2v) is 8.70. The van der Waals surface area contributed by atoms with Crippen LogP contribution < -0.4 is 9.64 Å². The van der Waals surface area contributed by atoms with Gasteiger partial charge in [-0.1, -0.05) is 15.9 Å². The zero-order chi connectivity index (χ0) is 19.4. The van der Waals surface area contributed by atoms with Crippen molar-refractivity contribution in [2.45, 2.75) is 19.3 Å². The lowest BCUT2D eigenvalue weighted by atomic mass is 9.81. The predicted octanol–water partition coefficient (Wildman–Crippen LogP) is 4.20. The number of fused-ring (bicyclic) bond motifs is 5. The highest BCUT2D eigenvalue weighted by molar-refractivity contribution is 9.10. The van der Waals surface area contributed by atoms with Gasteiger partial charge in [-0.25, -0.2) is 4.79 Å². The van der Waals surface area contributed by atoms with Crippen LogP contribution in [0.5, 0.6) is 5.75 Å². The molecule has 28 heavy (non-hydrogen) atoms. The van der Waals surface area contributed by atoms with Gasteiger partial charge >= 0.3 is 5.97 Å². The van der Waals surface area contributed by atoms with Crippen molar-refractivity contribution < 1.29 is 19.1 Å². The molecule has 142 valence electrons. The molecule has 1 aliphatic heterocycles. The molecule has 3 fully saturated rings. The number of ether oxygens (including phenoxy) is 1. The third-order valence-corrected chi connectivity index (χ3v) is 6.84. The first kappa shape index (κ1) is 17.6. The highest BCUT2D eigenvalue weighted by atomic mass is 79.9. The van der Waals surface area contributed by atoms with Gasteiger partial charge in [0.15, 0.2) is 0 Å². The zero-order valence-electron chi connectivity index (χ0n) is 15.0. The van der Waals surface area contributed by atoms with E-state index in [9.17, 15) is 14.4 Å². The van der Waals surface area contributed by atoms with Gasteiger partial charge in [0, 0.05) is 4.47 Å². The SMILES string of the molecule is O=C(Oc1ccc(Br)cc1)c1ccc(N2C(=O)C3C4CCC(C4)C3C2=O)cc1. The van der Waals surface area contributed by atoms with Crippen LogP contribution in [-0.4, -0.2) is 17.8 Å². The lowest BCUT2D eigenvalue weighted by Gasteiger charge is -2.19. The molecule has 3 aliphatic rings. The molecule has 2 bridgehead atoms. The minimum absolute atomic E-state index is 0.0765. The summed E-state index contributed by atoms with van der Waals surface area (Å²) in [6.07, 6.45) is 3.13. The van der Waals surface area contributed by atoms with Crippen molar-refractivity contribution in [3.8, 4) is 5.75 Å². The quantitative estimate of drug-likeness (QED) is 0.408. The van der Waals surface area contributed by atoms with E-state index in [0.29, 0.717) is 28.8 Å². The van der Waals surface area contributed by atoms with Gasteiger partial charge in [0.2, 0.25) is 11.8 Å². The van der Waals surface area contributed by atoms with Crippen molar-refractivity contribution in [1.82, 2.24) is 0 Å². The highest BCUT2D eigenvalue weighted by Gasteiger charge is 2.61. The lowest BCUT2D eigenvalue weighted by molar-refractivity contribution is -0.123.